The van der Waals surface area contributed by atoms with Crippen molar-refractivity contribution < 1.29 is 19.4 Å². The Morgan fingerprint density at radius 1 is 1.22 bits per heavy atom. The van der Waals surface area contributed by atoms with Gasteiger partial charge in [-0.05, 0) is 87.7 Å². The maximum atomic E-state index is 12.7. The highest BCUT2D eigenvalue weighted by molar-refractivity contribution is 6.08. The summed E-state index contributed by atoms with van der Waals surface area (Å²) >= 11 is 0. The van der Waals surface area contributed by atoms with E-state index in [1.54, 1.807) is 0 Å². The predicted molar refractivity (Wildman–Crippen MR) is 147 cm³/mol. The molecule has 0 aliphatic carbocycles. The van der Waals surface area contributed by atoms with E-state index in [9.17, 15) is 9.90 Å². The van der Waals surface area contributed by atoms with Crippen LogP contribution in [0.25, 0.3) is 32.9 Å². The van der Waals surface area contributed by atoms with Crippen LogP contribution in [0.1, 0.15) is 50.5 Å². The van der Waals surface area contributed by atoms with Crippen molar-refractivity contribution in [2.24, 2.45) is 0 Å². The molecule has 0 spiro atoms. The maximum absolute atomic E-state index is 12.7. The summed E-state index contributed by atoms with van der Waals surface area (Å²) in [5, 5.41) is 12.2. The Morgan fingerprint density at radius 2 is 2.00 bits per heavy atom. The number of hydrogen-bond acceptors (Lipinski definition) is 6. The van der Waals surface area contributed by atoms with Crippen LogP contribution in [0.4, 0.5) is 5.82 Å². The van der Waals surface area contributed by atoms with Gasteiger partial charge in [0.1, 0.15) is 11.6 Å². The summed E-state index contributed by atoms with van der Waals surface area (Å²) in [5.41, 5.74) is 5.15. The Morgan fingerprint density at radius 3 is 2.70 bits per heavy atom. The van der Waals surface area contributed by atoms with Crippen LogP contribution in [0, 0.1) is 6.92 Å². The van der Waals surface area contributed by atoms with E-state index in [4.69, 9.17) is 19.4 Å². The number of anilines is 1. The molecule has 1 aliphatic rings. The van der Waals surface area contributed by atoms with E-state index < -0.39 is 17.7 Å². The smallest absolute Gasteiger partial charge is 0.337 e. The molecule has 0 radical (unpaired) electrons. The molecule has 1 N–H and O–H groups in total. The minimum absolute atomic E-state index is 0.618. The molecule has 0 fully saturated rings. The van der Waals surface area contributed by atoms with Gasteiger partial charge in [-0.2, -0.15) is 0 Å². The number of pyridine rings is 2. The summed E-state index contributed by atoms with van der Waals surface area (Å²) in [7, 11) is 2.00. The van der Waals surface area contributed by atoms with Gasteiger partial charge in [0.05, 0.1) is 23.2 Å². The third-order valence-electron chi connectivity index (χ3n) is 6.89. The van der Waals surface area contributed by atoms with Crippen LogP contribution >= 0.6 is 0 Å². The van der Waals surface area contributed by atoms with Crippen molar-refractivity contribution in [2.75, 3.05) is 25.1 Å². The SMILES string of the molecule is CCN(C)c1ccc2c(-c3ccc4c5c(ccnc35)CCO4)c(C(OC(C)(C)C)C(=O)O)c(C)cc2n1. The minimum Gasteiger partial charge on any atom is -0.493 e. The lowest BCUT2D eigenvalue weighted by Gasteiger charge is -2.29. The number of fused-ring (bicyclic) bond motifs is 1. The Labute approximate surface area is 217 Å². The Kier molecular flexibility index (Phi) is 6.28. The lowest BCUT2D eigenvalue weighted by Crippen LogP contribution is -2.28. The van der Waals surface area contributed by atoms with Crippen molar-refractivity contribution in [3.05, 3.63) is 59.3 Å². The number of carboxylic acids is 1. The van der Waals surface area contributed by atoms with Crippen molar-refractivity contribution in [1.82, 2.24) is 9.97 Å². The molecular weight excluding hydrogens is 466 g/mol. The van der Waals surface area contributed by atoms with Crippen molar-refractivity contribution in [1.29, 1.82) is 0 Å². The van der Waals surface area contributed by atoms with Crippen LogP contribution in [0.3, 0.4) is 0 Å². The zero-order chi connectivity index (χ0) is 26.5. The first-order valence-corrected chi connectivity index (χ1v) is 12.7. The molecule has 0 bridgehead atoms. The van der Waals surface area contributed by atoms with E-state index in [0.717, 1.165) is 63.0 Å². The van der Waals surface area contributed by atoms with Crippen molar-refractivity contribution in [3.8, 4) is 16.9 Å². The van der Waals surface area contributed by atoms with Gasteiger partial charge >= 0.3 is 5.97 Å². The van der Waals surface area contributed by atoms with E-state index in [2.05, 4.69) is 11.8 Å². The number of aromatic nitrogens is 2. The standard InChI is InChI=1S/C30H33N3O4/c1-7-33(6)23-11-9-19-21(32-23)16-17(2)24(28(29(34)35)37-30(3,4)5)26(19)20-8-10-22-25-18(13-15-36-22)12-14-31-27(20)25/h8-12,14,16,28H,7,13,15H2,1-6H3,(H,34,35). The zero-order valence-corrected chi connectivity index (χ0v) is 22.3. The average molecular weight is 500 g/mol. The molecule has 2 aromatic heterocycles. The molecule has 1 atom stereocenters. The van der Waals surface area contributed by atoms with Crippen molar-refractivity contribution in [2.45, 2.75) is 52.7 Å². The van der Waals surface area contributed by atoms with Gasteiger partial charge < -0.3 is 19.5 Å². The second-order valence-electron chi connectivity index (χ2n) is 10.6. The molecule has 5 rings (SSSR count). The summed E-state index contributed by atoms with van der Waals surface area (Å²) in [6, 6.07) is 12.0. The number of carboxylic acid groups (broad SMARTS) is 1. The summed E-state index contributed by atoms with van der Waals surface area (Å²) in [4.78, 5) is 24.5. The largest absolute Gasteiger partial charge is 0.493 e. The lowest BCUT2D eigenvalue weighted by molar-refractivity contribution is -0.160. The Bertz CT molecular complexity index is 1510. The molecule has 0 amide bonds. The van der Waals surface area contributed by atoms with Gasteiger partial charge in [-0.25, -0.2) is 9.78 Å². The number of aliphatic carboxylic acids is 1. The Hall–Kier alpha value is -3.71. The fourth-order valence-corrected chi connectivity index (χ4v) is 5.10. The number of aryl methyl sites for hydroxylation is 1. The highest BCUT2D eigenvalue weighted by Gasteiger charge is 2.33. The van der Waals surface area contributed by atoms with Gasteiger partial charge in [0, 0.05) is 48.1 Å². The first-order valence-electron chi connectivity index (χ1n) is 12.7. The number of carbonyl (C=O) groups is 1. The van der Waals surface area contributed by atoms with Gasteiger partial charge in [0.25, 0.3) is 0 Å². The van der Waals surface area contributed by atoms with Gasteiger partial charge in [-0.3, -0.25) is 4.98 Å². The van der Waals surface area contributed by atoms with Crippen molar-refractivity contribution >= 4 is 33.6 Å². The highest BCUT2D eigenvalue weighted by Crippen LogP contribution is 2.45. The summed E-state index contributed by atoms with van der Waals surface area (Å²) in [6.07, 6.45) is 1.45. The first kappa shape index (κ1) is 25.0. The molecule has 2 aromatic carbocycles. The molecule has 4 aromatic rings. The lowest BCUT2D eigenvalue weighted by atomic mass is 9.86. The number of rotatable bonds is 6. The topological polar surface area (TPSA) is 84.8 Å². The number of ether oxygens (including phenoxy) is 2. The quantitative estimate of drug-likeness (QED) is 0.344. The van der Waals surface area contributed by atoms with E-state index in [-0.39, 0.29) is 0 Å². The molecule has 0 saturated carbocycles. The van der Waals surface area contributed by atoms with Crippen LogP contribution in [-0.4, -0.2) is 46.8 Å². The second kappa shape index (κ2) is 9.30. The second-order valence-corrected chi connectivity index (χ2v) is 10.6. The third-order valence-corrected chi connectivity index (χ3v) is 6.89. The molecular formula is C30H33N3O4. The van der Waals surface area contributed by atoms with Crippen LogP contribution in [-0.2, 0) is 16.0 Å². The molecule has 1 aliphatic heterocycles. The van der Waals surface area contributed by atoms with Crippen LogP contribution in [0.2, 0.25) is 0 Å². The summed E-state index contributed by atoms with van der Waals surface area (Å²) in [6.45, 7) is 11.1. The first-order chi connectivity index (χ1) is 17.6. The van der Waals surface area contributed by atoms with E-state index in [1.807, 2.05) is 77.3 Å². The fraction of sp³-hybridized carbons (Fsp3) is 0.367. The normalized spacial score (nSPS) is 14.0. The van der Waals surface area contributed by atoms with Crippen molar-refractivity contribution in [3.63, 3.8) is 0 Å². The molecule has 3 heterocycles. The summed E-state index contributed by atoms with van der Waals surface area (Å²) in [5.74, 6) is 0.627. The molecule has 7 nitrogen and oxygen atoms in total. The monoisotopic (exact) mass is 499 g/mol. The number of benzene rings is 2. The zero-order valence-electron chi connectivity index (χ0n) is 22.3. The van der Waals surface area contributed by atoms with Gasteiger partial charge in [-0.15, -0.1) is 0 Å². The molecule has 7 heteroatoms. The minimum atomic E-state index is -1.17. The van der Waals surface area contributed by atoms with Gasteiger partial charge in [0.15, 0.2) is 6.10 Å². The van der Waals surface area contributed by atoms with E-state index >= 15 is 0 Å². The molecule has 1 unspecified atom stereocenters. The fourth-order valence-electron chi connectivity index (χ4n) is 5.10. The van der Waals surface area contributed by atoms with E-state index in [0.29, 0.717) is 12.2 Å². The Balaban J connectivity index is 1.89. The van der Waals surface area contributed by atoms with Gasteiger partial charge in [0.2, 0.25) is 0 Å². The van der Waals surface area contributed by atoms with Crippen LogP contribution in [0.5, 0.6) is 5.75 Å². The summed E-state index contributed by atoms with van der Waals surface area (Å²) < 4.78 is 12.1. The highest BCUT2D eigenvalue weighted by atomic mass is 16.5. The predicted octanol–water partition coefficient (Wildman–Crippen LogP) is 6.09. The maximum Gasteiger partial charge on any atom is 0.337 e. The molecule has 37 heavy (non-hydrogen) atoms. The number of hydrogen-bond donors (Lipinski definition) is 1. The molecule has 192 valence electrons. The van der Waals surface area contributed by atoms with Crippen LogP contribution < -0.4 is 9.64 Å². The molecule has 0 saturated heterocycles. The van der Waals surface area contributed by atoms with Gasteiger partial charge in [-0.1, -0.05) is 0 Å². The average Bonchev–Trinajstić information content (AvgIpc) is 2.86. The number of nitrogens with zero attached hydrogens (tertiary/aromatic N) is 3. The van der Waals surface area contributed by atoms with Crippen LogP contribution in [0.15, 0.2) is 42.6 Å². The van der Waals surface area contributed by atoms with E-state index in [1.165, 1.54) is 5.56 Å². The third kappa shape index (κ3) is 4.48.